The lowest BCUT2D eigenvalue weighted by atomic mass is 10.4. The van der Waals surface area contributed by atoms with Crippen molar-refractivity contribution in [3.8, 4) is 0 Å². The number of ether oxygens (including phenoxy) is 1. The summed E-state index contributed by atoms with van der Waals surface area (Å²) in [5.74, 6) is 0. The van der Waals surface area contributed by atoms with Crippen LogP contribution < -0.4 is 5.73 Å². The molecule has 1 rings (SSSR count). The average Bonchev–Trinajstić information content (AvgIpc) is 2.51. The highest BCUT2D eigenvalue weighted by atomic mass is 16.6. The standard InChI is InChI=1S/C8H16N2O2/c1-7(9)6-12-8(11)10-4-2-3-5-10/h7H,2-6,9H2,1H3. The van der Waals surface area contributed by atoms with E-state index in [0.717, 1.165) is 25.9 Å². The molecule has 1 fully saturated rings. The second-order valence-electron chi connectivity index (χ2n) is 3.25. The largest absolute Gasteiger partial charge is 0.448 e. The number of nitrogens with two attached hydrogens (primary N) is 1. The number of carbonyl (C=O) groups is 1. The summed E-state index contributed by atoms with van der Waals surface area (Å²) in [4.78, 5) is 12.9. The Labute approximate surface area is 72.7 Å². The maximum Gasteiger partial charge on any atom is 0.409 e. The van der Waals surface area contributed by atoms with E-state index in [4.69, 9.17) is 10.5 Å². The predicted molar refractivity (Wildman–Crippen MR) is 45.8 cm³/mol. The van der Waals surface area contributed by atoms with Crippen LogP contribution in [0.25, 0.3) is 0 Å². The molecule has 1 saturated heterocycles. The molecule has 1 atom stereocenters. The van der Waals surface area contributed by atoms with Gasteiger partial charge in [-0.15, -0.1) is 0 Å². The van der Waals surface area contributed by atoms with Crippen molar-refractivity contribution in [3.05, 3.63) is 0 Å². The molecule has 4 heteroatoms. The highest BCUT2D eigenvalue weighted by Crippen LogP contribution is 2.08. The molecule has 0 aromatic rings. The molecule has 0 aromatic heterocycles. The van der Waals surface area contributed by atoms with Gasteiger partial charge in [-0.25, -0.2) is 4.79 Å². The number of carbonyl (C=O) groups excluding carboxylic acids is 1. The second-order valence-corrected chi connectivity index (χ2v) is 3.25. The summed E-state index contributed by atoms with van der Waals surface area (Å²) in [7, 11) is 0. The first-order valence-corrected chi connectivity index (χ1v) is 4.37. The molecule has 0 aromatic carbocycles. The van der Waals surface area contributed by atoms with Gasteiger partial charge in [-0.3, -0.25) is 0 Å². The summed E-state index contributed by atoms with van der Waals surface area (Å²) in [5.41, 5.74) is 5.44. The SMILES string of the molecule is CC(N)COC(=O)N1CCCC1. The zero-order valence-corrected chi connectivity index (χ0v) is 7.45. The number of amides is 1. The van der Waals surface area contributed by atoms with Crippen molar-refractivity contribution in [2.75, 3.05) is 19.7 Å². The van der Waals surface area contributed by atoms with Gasteiger partial charge in [-0.05, 0) is 19.8 Å². The van der Waals surface area contributed by atoms with Crippen molar-refractivity contribution in [2.45, 2.75) is 25.8 Å². The lowest BCUT2D eigenvalue weighted by molar-refractivity contribution is 0.106. The van der Waals surface area contributed by atoms with Crippen LogP contribution in [-0.2, 0) is 4.74 Å². The first kappa shape index (κ1) is 9.32. The van der Waals surface area contributed by atoms with E-state index >= 15 is 0 Å². The Morgan fingerprint density at radius 1 is 1.58 bits per heavy atom. The highest BCUT2D eigenvalue weighted by molar-refractivity contribution is 5.67. The monoisotopic (exact) mass is 172 g/mol. The smallest absolute Gasteiger partial charge is 0.409 e. The molecule has 4 nitrogen and oxygen atoms in total. The molecular weight excluding hydrogens is 156 g/mol. The minimum atomic E-state index is -0.218. The number of rotatable bonds is 2. The first-order chi connectivity index (χ1) is 5.70. The van der Waals surface area contributed by atoms with E-state index in [9.17, 15) is 4.79 Å². The summed E-state index contributed by atoms with van der Waals surface area (Å²) in [5, 5.41) is 0. The van der Waals surface area contributed by atoms with Crippen LogP contribution in [0.2, 0.25) is 0 Å². The van der Waals surface area contributed by atoms with Gasteiger partial charge >= 0.3 is 6.09 Å². The maximum absolute atomic E-state index is 11.2. The predicted octanol–water partition coefficient (Wildman–Crippen LogP) is 0.566. The van der Waals surface area contributed by atoms with E-state index < -0.39 is 0 Å². The van der Waals surface area contributed by atoms with E-state index in [2.05, 4.69) is 0 Å². The van der Waals surface area contributed by atoms with Gasteiger partial charge in [-0.2, -0.15) is 0 Å². The van der Waals surface area contributed by atoms with Gasteiger partial charge in [0.15, 0.2) is 0 Å². The Morgan fingerprint density at radius 2 is 2.17 bits per heavy atom. The fourth-order valence-corrected chi connectivity index (χ4v) is 1.19. The van der Waals surface area contributed by atoms with Crippen molar-refractivity contribution in [3.63, 3.8) is 0 Å². The maximum atomic E-state index is 11.2. The summed E-state index contributed by atoms with van der Waals surface area (Å²) < 4.78 is 4.95. The van der Waals surface area contributed by atoms with E-state index in [1.54, 1.807) is 4.90 Å². The molecule has 0 radical (unpaired) electrons. The fraction of sp³-hybridized carbons (Fsp3) is 0.875. The number of hydrogen-bond donors (Lipinski definition) is 1. The third-order valence-corrected chi connectivity index (χ3v) is 1.83. The Bertz CT molecular complexity index is 153. The third kappa shape index (κ3) is 2.70. The van der Waals surface area contributed by atoms with E-state index in [1.165, 1.54) is 0 Å². The molecule has 0 aliphatic carbocycles. The summed E-state index contributed by atoms with van der Waals surface area (Å²) in [6, 6.07) is -0.0726. The molecule has 0 saturated carbocycles. The second kappa shape index (κ2) is 4.30. The van der Waals surface area contributed by atoms with Crippen molar-refractivity contribution >= 4 is 6.09 Å². The van der Waals surface area contributed by atoms with Crippen LogP contribution in [0, 0.1) is 0 Å². The Hall–Kier alpha value is -0.770. The quantitative estimate of drug-likeness (QED) is 0.662. The summed E-state index contributed by atoms with van der Waals surface area (Å²) in [6.07, 6.45) is 1.96. The number of hydrogen-bond acceptors (Lipinski definition) is 3. The lowest BCUT2D eigenvalue weighted by Crippen LogP contribution is -2.32. The number of likely N-dealkylation sites (tertiary alicyclic amines) is 1. The first-order valence-electron chi connectivity index (χ1n) is 4.37. The fourth-order valence-electron chi connectivity index (χ4n) is 1.19. The Morgan fingerprint density at radius 3 is 2.67 bits per heavy atom. The van der Waals surface area contributed by atoms with Crippen molar-refractivity contribution in [1.82, 2.24) is 4.90 Å². The van der Waals surface area contributed by atoms with Gasteiger partial charge in [0.1, 0.15) is 6.61 Å². The minimum absolute atomic E-state index is 0.0726. The molecule has 0 spiro atoms. The molecule has 2 N–H and O–H groups in total. The Kier molecular flexibility index (Phi) is 3.34. The third-order valence-electron chi connectivity index (χ3n) is 1.83. The molecule has 1 unspecified atom stereocenters. The van der Waals surface area contributed by atoms with Gasteiger partial charge < -0.3 is 15.4 Å². The Balaban J connectivity index is 2.18. The van der Waals surface area contributed by atoms with Crippen LogP contribution >= 0.6 is 0 Å². The van der Waals surface area contributed by atoms with Crippen LogP contribution in [0.15, 0.2) is 0 Å². The molecule has 70 valence electrons. The molecule has 1 aliphatic rings. The minimum Gasteiger partial charge on any atom is -0.448 e. The number of nitrogens with zero attached hydrogens (tertiary/aromatic N) is 1. The van der Waals surface area contributed by atoms with Gasteiger partial charge in [0.2, 0.25) is 0 Å². The molecule has 1 amide bonds. The van der Waals surface area contributed by atoms with E-state index in [0.29, 0.717) is 6.61 Å². The van der Waals surface area contributed by atoms with E-state index in [1.807, 2.05) is 6.92 Å². The zero-order chi connectivity index (χ0) is 8.97. The normalized spacial score (nSPS) is 19.3. The van der Waals surface area contributed by atoms with Gasteiger partial charge in [-0.1, -0.05) is 0 Å². The zero-order valence-electron chi connectivity index (χ0n) is 7.45. The van der Waals surface area contributed by atoms with Crippen molar-refractivity contribution in [2.24, 2.45) is 5.73 Å². The van der Waals surface area contributed by atoms with Crippen LogP contribution in [0.4, 0.5) is 4.79 Å². The van der Waals surface area contributed by atoms with Crippen LogP contribution in [0.1, 0.15) is 19.8 Å². The van der Waals surface area contributed by atoms with Crippen molar-refractivity contribution in [1.29, 1.82) is 0 Å². The average molecular weight is 172 g/mol. The summed E-state index contributed by atoms with van der Waals surface area (Å²) >= 11 is 0. The van der Waals surface area contributed by atoms with Crippen LogP contribution in [0.5, 0.6) is 0 Å². The molecular formula is C8H16N2O2. The van der Waals surface area contributed by atoms with E-state index in [-0.39, 0.29) is 12.1 Å². The topological polar surface area (TPSA) is 55.6 Å². The molecule has 1 heterocycles. The van der Waals surface area contributed by atoms with Crippen LogP contribution in [-0.4, -0.2) is 36.7 Å². The van der Waals surface area contributed by atoms with Gasteiger partial charge in [0.25, 0.3) is 0 Å². The van der Waals surface area contributed by atoms with Gasteiger partial charge in [0, 0.05) is 19.1 Å². The molecule has 0 bridgehead atoms. The molecule has 1 aliphatic heterocycles. The van der Waals surface area contributed by atoms with Crippen LogP contribution in [0.3, 0.4) is 0 Å². The van der Waals surface area contributed by atoms with Gasteiger partial charge in [0.05, 0.1) is 0 Å². The summed E-state index contributed by atoms with van der Waals surface area (Å²) in [6.45, 7) is 3.79. The lowest BCUT2D eigenvalue weighted by Gasteiger charge is -2.15. The highest BCUT2D eigenvalue weighted by Gasteiger charge is 2.18. The van der Waals surface area contributed by atoms with Crippen molar-refractivity contribution < 1.29 is 9.53 Å². The molecule has 12 heavy (non-hydrogen) atoms.